The highest BCUT2D eigenvalue weighted by Gasteiger charge is 2.21. The van der Waals surface area contributed by atoms with Crippen molar-refractivity contribution in [2.75, 3.05) is 31.5 Å². The number of fused-ring (bicyclic) bond motifs is 1. The average Bonchev–Trinajstić information content (AvgIpc) is 2.63. The van der Waals surface area contributed by atoms with Crippen LogP contribution < -0.4 is 10.6 Å². The second-order valence-corrected chi connectivity index (χ2v) is 4.99. The maximum absolute atomic E-state index is 12.4. The van der Waals surface area contributed by atoms with Crippen LogP contribution in [0.3, 0.4) is 0 Å². The smallest absolute Gasteiger partial charge is 0.253 e. The van der Waals surface area contributed by atoms with Crippen molar-refractivity contribution in [2.45, 2.75) is 12.8 Å². The number of rotatable bonds is 1. The van der Waals surface area contributed by atoms with Crippen LogP contribution in [0.2, 0.25) is 0 Å². The molecule has 1 fully saturated rings. The number of carbonyl (C=O) groups excluding carboxylic acids is 2. The summed E-state index contributed by atoms with van der Waals surface area (Å²) in [6.45, 7) is 3.34. The predicted molar refractivity (Wildman–Crippen MR) is 72.2 cm³/mol. The van der Waals surface area contributed by atoms with Gasteiger partial charge in [0.25, 0.3) is 5.91 Å². The first kappa shape index (κ1) is 12.2. The van der Waals surface area contributed by atoms with Gasteiger partial charge in [-0.3, -0.25) is 9.59 Å². The molecule has 2 N–H and O–H groups in total. The molecule has 2 heterocycles. The second kappa shape index (κ2) is 5.01. The van der Waals surface area contributed by atoms with Gasteiger partial charge in [0.15, 0.2) is 0 Å². The van der Waals surface area contributed by atoms with E-state index >= 15 is 0 Å². The monoisotopic (exact) mass is 259 g/mol. The van der Waals surface area contributed by atoms with Crippen LogP contribution in [0.5, 0.6) is 0 Å². The molecule has 0 unspecified atom stereocenters. The van der Waals surface area contributed by atoms with Gasteiger partial charge in [0.05, 0.1) is 6.42 Å². The van der Waals surface area contributed by atoms with Crippen molar-refractivity contribution in [1.29, 1.82) is 0 Å². The Labute approximate surface area is 112 Å². The molecule has 5 heteroatoms. The number of anilines is 1. The van der Waals surface area contributed by atoms with E-state index in [-0.39, 0.29) is 11.8 Å². The van der Waals surface area contributed by atoms with E-state index in [0.29, 0.717) is 12.0 Å². The Morgan fingerprint density at radius 2 is 2.11 bits per heavy atom. The third-order valence-electron chi connectivity index (χ3n) is 3.60. The zero-order valence-electron chi connectivity index (χ0n) is 10.7. The van der Waals surface area contributed by atoms with Crippen LogP contribution in [0.4, 0.5) is 5.69 Å². The fraction of sp³-hybridized carbons (Fsp3) is 0.429. The molecule has 5 nitrogen and oxygen atoms in total. The van der Waals surface area contributed by atoms with Crippen molar-refractivity contribution in [3.8, 4) is 0 Å². The van der Waals surface area contributed by atoms with Gasteiger partial charge in [-0.15, -0.1) is 0 Å². The summed E-state index contributed by atoms with van der Waals surface area (Å²) in [5.74, 6) is 0.0596. The van der Waals surface area contributed by atoms with E-state index in [9.17, 15) is 9.59 Å². The molecule has 19 heavy (non-hydrogen) atoms. The van der Waals surface area contributed by atoms with E-state index < -0.39 is 0 Å². The molecule has 0 aromatic heterocycles. The SMILES string of the molecule is O=C1Cc2cc(C(=O)N3CCCNCC3)ccc2N1. The standard InChI is InChI=1S/C14H17N3O2/c18-13-9-11-8-10(2-3-12(11)16-13)14(19)17-6-1-4-15-5-7-17/h2-3,8,15H,1,4-7,9H2,(H,16,18). The molecule has 0 radical (unpaired) electrons. The van der Waals surface area contributed by atoms with Crippen LogP contribution in [0.1, 0.15) is 22.3 Å². The Morgan fingerprint density at radius 1 is 1.21 bits per heavy atom. The van der Waals surface area contributed by atoms with Gasteiger partial charge in [-0.05, 0) is 36.7 Å². The molecule has 1 aromatic rings. The molecule has 0 atom stereocenters. The number of benzene rings is 1. The normalized spacial score (nSPS) is 18.7. The molecule has 3 rings (SSSR count). The molecule has 2 aliphatic heterocycles. The Bertz CT molecular complexity index is 519. The number of hydrogen-bond acceptors (Lipinski definition) is 3. The maximum atomic E-state index is 12.4. The van der Waals surface area contributed by atoms with E-state index in [2.05, 4.69) is 10.6 Å². The van der Waals surface area contributed by atoms with Crippen LogP contribution in [0.25, 0.3) is 0 Å². The molecule has 2 aliphatic rings. The van der Waals surface area contributed by atoms with Gasteiger partial charge in [0.1, 0.15) is 0 Å². The number of nitrogens with zero attached hydrogens (tertiary/aromatic N) is 1. The van der Waals surface area contributed by atoms with Gasteiger partial charge < -0.3 is 15.5 Å². The number of hydrogen-bond donors (Lipinski definition) is 2. The summed E-state index contributed by atoms with van der Waals surface area (Å²) in [7, 11) is 0. The first-order chi connectivity index (χ1) is 9.24. The quantitative estimate of drug-likeness (QED) is 0.777. The van der Waals surface area contributed by atoms with E-state index in [1.807, 2.05) is 17.0 Å². The van der Waals surface area contributed by atoms with Gasteiger partial charge in [-0.1, -0.05) is 0 Å². The lowest BCUT2D eigenvalue weighted by Gasteiger charge is -2.20. The van der Waals surface area contributed by atoms with E-state index in [1.54, 1.807) is 6.07 Å². The summed E-state index contributed by atoms with van der Waals surface area (Å²) in [5, 5.41) is 6.06. The third kappa shape index (κ3) is 2.46. The fourth-order valence-corrected chi connectivity index (χ4v) is 2.59. The number of amides is 2. The average molecular weight is 259 g/mol. The summed E-state index contributed by atoms with van der Waals surface area (Å²) in [6.07, 6.45) is 1.36. The van der Waals surface area contributed by atoms with Crippen LogP contribution >= 0.6 is 0 Å². The summed E-state index contributed by atoms with van der Waals surface area (Å²) < 4.78 is 0. The van der Waals surface area contributed by atoms with Crippen molar-refractivity contribution in [1.82, 2.24) is 10.2 Å². The minimum atomic E-state index is -0.00132. The van der Waals surface area contributed by atoms with E-state index in [4.69, 9.17) is 0 Å². The second-order valence-electron chi connectivity index (χ2n) is 4.99. The van der Waals surface area contributed by atoms with Gasteiger partial charge in [0, 0.05) is 30.9 Å². The molecular weight excluding hydrogens is 242 g/mol. The largest absolute Gasteiger partial charge is 0.337 e. The Kier molecular flexibility index (Phi) is 3.21. The Hall–Kier alpha value is -1.88. The van der Waals surface area contributed by atoms with Crippen molar-refractivity contribution in [3.63, 3.8) is 0 Å². The first-order valence-corrected chi connectivity index (χ1v) is 6.67. The summed E-state index contributed by atoms with van der Waals surface area (Å²) in [5.41, 5.74) is 2.43. The topological polar surface area (TPSA) is 61.4 Å². The van der Waals surface area contributed by atoms with E-state index in [0.717, 1.165) is 43.9 Å². The van der Waals surface area contributed by atoms with Crippen molar-refractivity contribution in [2.24, 2.45) is 0 Å². The molecule has 2 amide bonds. The number of nitrogens with one attached hydrogen (secondary N) is 2. The fourth-order valence-electron chi connectivity index (χ4n) is 2.59. The van der Waals surface area contributed by atoms with Crippen LogP contribution in [0, 0.1) is 0 Å². The minimum absolute atomic E-state index is 0.00132. The third-order valence-corrected chi connectivity index (χ3v) is 3.60. The zero-order chi connectivity index (χ0) is 13.2. The van der Waals surface area contributed by atoms with Crippen LogP contribution in [0.15, 0.2) is 18.2 Å². The lowest BCUT2D eigenvalue weighted by Crippen LogP contribution is -2.34. The molecule has 0 aliphatic carbocycles. The molecule has 0 bridgehead atoms. The first-order valence-electron chi connectivity index (χ1n) is 6.67. The van der Waals surface area contributed by atoms with Gasteiger partial charge >= 0.3 is 0 Å². The molecule has 1 aromatic carbocycles. The highest BCUT2D eigenvalue weighted by atomic mass is 16.2. The van der Waals surface area contributed by atoms with E-state index in [1.165, 1.54) is 0 Å². The zero-order valence-corrected chi connectivity index (χ0v) is 10.7. The summed E-state index contributed by atoms with van der Waals surface area (Å²) in [4.78, 5) is 25.6. The van der Waals surface area contributed by atoms with Crippen LogP contribution in [-0.2, 0) is 11.2 Å². The van der Waals surface area contributed by atoms with Gasteiger partial charge in [0.2, 0.25) is 5.91 Å². The summed E-state index contributed by atoms with van der Waals surface area (Å²) >= 11 is 0. The van der Waals surface area contributed by atoms with Gasteiger partial charge in [-0.25, -0.2) is 0 Å². The molecular formula is C14H17N3O2. The lowest BCUT2D eigenvalue weighted by molar-refractivity contribution is -0.115. The summed E-state index contributed by atoms with van der Waals surface area (Å²) in [6, 6.07) is 5.46. The molecule has 100 valence electrons. The number of carbonyl (C=O) groups is 2. The van der Waals surface area contributed by atoms with Crippen LogP contribution in [-0.4, -0.2) is 42.9 Å². The minimum Gasteiger partial charge on any atom is -0.337 e. The molecule has 0 saturated carbocycles. The highest BCUT2D eigenvalue weighted by Crippen LogP contribution is 2.24. The van der Waals surface area contributed by atoms with Crippen molar-refractivity contribution < 1.29 is 9.59 Å². The highest BCUT2D eigenvalue weighted by molar-refractivity contribution is 6.01. The van der Waals surface area contributed by atoms with Crippen molar-refractivity contribution in [3.05, 3.63) is 29.3 Å². The molecule has 1 saturated heterocycles. The predicted octanol–water partition coefficient (Wildman–Crippen LogP) is 0.617. The lowest BCUT2D eigenvalue weighted by atomic mass is 10.1. The van der Waals surface area contributed by atoms with Gasteiger partial charge in [-0.2, -0.15) is 0 Å². The maximum Gasteiger partial charge on any atom is 0.253 e. The Morgan fingerprint density at radius 3 is 3.00 bits per heavy atom. The molecule has 0 spiro atoms. The Balaban J connectivity index is 1.80. The van der Waals surface area contributed by atoms with Crippen molar-refractivity contribution >= 4 is 17.5 Å².